The summed E-state index contributed by atoms with van der Waals surface area (Å²) in [6, 6.07) is 2.81. The second-order valence-corrected chi connectivity index (χ2v) is 6.30. The molecule has 0 spiro atoms. The van der Waals surface area contributed by atoms with Crippen molar-refractivity contribution in [2.24, 2.45) is 0 Å². The third-order valence-electron chi connectivity index (χ3n) is 3.27. The number of hydrogen-bond acceptors (Lipinski definition) is 5. The minimum absolute atomic E-state index is 0.109. The van der Waals surface area contributed by atoms with Gasteiger partial charge in [0.2, 0.25) is 0 Å². The van der Waals surface area contributed by atoms with E-state index in [1.165, 1.54) is 12.1 Å². The number of hydrogen-bond donors (Lipinski definition) is 2. The molecule has 0 aromatic heterocycles. The lowest BCUT2D eigenvalue weighted by Gasteiger charge is -2.22. The van der Waals surface area contributed by atoms with Crippen molar-refractivity contribution in [1.29, 1.82) is 0 Å². The molecule has 2 N–H and O–H groups in total. The van der Waals surface area contributed by atoms with Crippen molar-refractivity contribution in [2.45, 2.75) is 18.9 Å². The van der Waals surface area contributed by atoms with Crippen molar-refractivity contribution in [2.75, 3.05) is 23.9 Å². The van der Waals surface area contributed by atoms with Gasteiger partial charge >= 0.3 is 0 Å². The third-order valence-corrected chi connectivity index (χ3v) is 4.79. The van der Waals surface area contributed by atoms with Crippen molar-refractivity contribution in [3.63, 3.8) is 0 Å². The second kappa shape index (κ2) is 7.00. The molecule has 1 aromatic rings. The van der Waals surface area contributed by atoms with Crippen LogP contribution in [0.2, 0.25) is 5.02 Å². The Morgan fingerprint density at radius 3 is 2.86 bits per heavy atom. The summed E-state index contributed by atoms with van der Waals surface area (Å²) in [6.07, 6.45) is 2.00. The van der Waals surface area contributed by atoms with Gasteiger partial charge in [0.25, 0.3) is 11.6 Å². The van der Waals surface area contributed by atoms with Gasteiger partial charge < -0.3 is 10.6 Å². The summed E-state index contributed by atoms with van der Waals surface area (Å²) in [5.41, 5.74) is 0.223. The molecule has 1 aliphatic rings. The number of benzene rings is 1. The van der Waals surface area contributed by atoms with Crippen LogP contribution in [0.5, 0.6) is 0 Å². The summed E-state index contributed by atoms with van der Waals surface area (Å²) in [4.78, 5) is 22.7. The van der Waals surface area contributed by atoms with Crippen LogP contribution in [0.25, 0.3) is 0 Å². The number of nitro groups is 1. The van der Waals surface area contributed by atoms with Gasteiger partial charge in [0.15, 0.2) is 0 Å². The number of halogens is 1. The summed E-state index contributed by atoms with van der Waals surface area (Å²) in [6.45, 7) is 0. The lowest BCUT2D eigenvalue weighted by Crippen LogP contribution is -2.38. The van der Waals surface area contributed by atoms with Gasteiger partial charge in [-0.15, -0.1) is 0 Å². The molecule has 0 aliphatic carbocycles. The molecule has 0 saturated carbocycles. The summed E-state index contributed by atoms with van der Waals surface area (Å²) in [5, 5.41) is 16.8. The topological polar surface area (TPSA) is 84.3 Å². The molecule has 21 heavy (non-hydrogen) atoms. The molecule has 1 aromatic carbocycles. The Labute approximate surface area is 131 Å². The molecule has 6 nitrogen and oxygen atoms in total. The van der Waals surface area contributed by atoms with E-state index in [4.69, 9.17) is 11.6 Å². The van der Waals surface area contributed by atoms with Gasteiger partial charge in [-0.1, -0.05) is 11.6 Å². The lowest BCUT2D eigenvalue weighted by molar-refractivity contribution is -0.383. The largest absolute Gasteiger partial charge is 0.381 e. The van der Waals surface area contributed by atoms with Crippen LogP contribution in [0.4, 0.5) is 11.4 Å². The first-order chi connectivity index (χ1) is 10.0. The number of nitrogens with zero attached hydrogens (tertiary/aromatic N) is 1. The Bertz CT molecular complexity index is 562. The van der Waals surface area contributed by atoms with Crippen molar-refractivity contribution in [1.82, 2.24) is 5.32 Å². The van der Waals surface area contributed by atoms with E-state index in [1.54, 1.807) is 18.8 Å². The number of carbonyl (C=O) groups is 1. The van der Waals surface area contributed by atoms with Gasteiger partial charge in [0.1, 0.15) is 5.69 Å². The number of anilines is 1. The van der Waals surface area contributed by atoms with Crippen LogP contribution in [-0.2, 0) is 0 Å². The third kappa shape index (κ3) is 3.79. The number of amides is 1. The first-order valence-electron chi connectivity index (χ1n) is 6.57. The molecule has 1 unspecified atom stereocenters. The average molecular weight is 330 g/mol. The van der Waals surface area contributed by atoms with Crippen LogP contribution in [0, 0.1) is 10.1 Å². The summed E-state index contributed by atoms with van der Waals surface area (Å²) < 4.78 is 0. The van der Waals surface area contributed by atoms with E-state index in [-0.39, 0.29) is 33.9 Å². The van der Waals surface area contributed by atoms with Gasteiger partial charge in [0.05, 0.1) is 9.95 Å². The van der Waals surface area contributed by atoms with Crippen molar-refractivity contribution >= 4 is 40.6 Å². The van der Waals surface area contributed by atoms with Crippen molar-refractivity contribution < 1.29 is 9.72 Å². The highest BCUT2D eigenvalue weighted by Gasteiger charge is 2.22. The van der Waals surface area contributed by atoms with Gasteiger partial charge in [-0.25, -0.2) is 0 Å². The van der Waals surface area contributed by atoms with Crippen LogP contribution < -0.4 is 10.6 Å². The Hall–Kier alpha value is -1.47. The fourth-order valence-electron chi connectivity index (χ4n) is 2.24. The second-order valence-electron chi connectivity index (χ2n) is 4.75. The molecule has 1 atom stereocenters. The Kier molecular flexibility index (Phi) is 5.30. The molecular formula is C13H16ClN3O3S. The fraction of sp³-hybridized carbons (Fsp3) is 0.462. The minimum Gasteiger partial charge on any atom is -0.381 e. The zero-order valence-corrected chi connectivity index (χ0v) is 13.1. The minimum atomic E-state index is -0.551. The van der Waals surface area contributed by atoms with E-state index in [1.807, 2.05) is 0 Å². The maximum atomic E-state index is 12.2. The molecule has 8 heteroatoms. The molecule has 1 aliphatic heterocycles. The molecule has 0 bridgehead atoms. The molecule has 1 saturated heterocycles. The fourth-order valence-corrected chi connectivity index (χ4v) is 3.62. The van der Waals surface area contributed by atoms with Crippen LogP contribution in [0.3, 0.4) is 0 Å². The number of rotatable bonds is 4. The first-order valence-corrected chi connectivity index (χ1v) is 8.10. The summed E-state index contributed by atoms with van der Waals surface area (Å²) >= 11 is 7.81. The molecule has 1 fully saturated rings. The smallest absolute Gasteiger partial charge is 0.294 e. The maximum absolute atomic E-state index is 12.2. The Morgan fingerprint density at radius 1 is 1.52 bits per heavy atom. The molecular weight excluding hydrogens is 314 g/mol. The average Bonchev–Trinajstić information content (AvgIpc) is 2.47. The zero-order valence-electron chi connectivity index (χ0n) is 11.5. The quantitative estimate of drug-likeness (QED) is 0.655. The van der Waals surface area contributed by atoms with Crippen LogP contribution in [-0.4, -0.2) is 35.4 Å². The van der Waals surface area contributed by atoms with E-state index in [2.05, 4.69) is 10.6 Å². The highest BCUT2D eigenvalue weighted by molar-refractivity contribution is 7.99. The highest BCUT2D eigenvalue weighted by atomic mass is 35.5. The van der Waals surface area contributed by atoms with Crippen LogP contribution in [0.1, 0.15) is 23.2 Å². The van der Waals surface area contributed by atoms with E-state index in [0.717, 1.165) is 24.3 Å². The summed E-state index contributed by atoms with van der Waals surface area (Å²) in [5.74, 6) is 1.66. The van der Waals surface area contributed by atoms with Gasteiger partial charge in [-0.2, -0.15) is 11.8 Å². The van der Waals surface area contributed by atoms with E-state index in [0.29, 0.717) is 0 Å². The number of nitro benzene ring substituents is 1. The standard InChI is InChI=1S/C13H16ClN3O3S/c1-15-12-10(14)5-8(6-11(12)17(19)20)13(18)16-9-3-2-4-21-7-9/h5-6,9,15H,2-4,7H2,1H3,(H,16,18). The SMILES string of the molecule is CNc1c(Cl)cc(C(=O)NC2CCCSC2)cc1[N+](=O)[O-]. The normalized spacial score (nSPS) is 18.1. The first kappa shape index (κ1) is 15.9. The monoisotopic (exact) mass is 329 g/mol. The van der Waals surface area contributed by atoms with E-state index >= 15 is 0 Å². The number of thioether (sulfide) groups is 1. The van der Waals surface area contributed by atoms with Gasteiger partial charge in [0, 0.05) is 30.5 Å². The van der Waals surface area contributed by atoms with E-state index < -0.39 is 4.92 Å². The summed E-state index contributed by atoms with van der Waals surface area (Å²) in [7, 11) is 1.55. The molecule has 2 rings (SSSR count). The molecule has 114 valence electrons. The molecule has 1 amide bonds. The number of carbonyl (C=O) groups excluding carboxylic acids is 1. The predicted molar refractivity (Wildman–Crippen MR) is 85.5 cm³/mol. The van der Waals surface area contributed by atoms with Crippen molar-refractivity contribution in [3.8, 4) is 0 Å². The van der Waals surface area contributed by atoms with Gasteiger partial charge in [-0.3, -0.25) is 14.9 Å². The Morgan fingerprint density at radius 2 is 2.29 bits per heavy atom. The Balaban J connectivity index is 2.22. The predicted octanol–water partition coefficient (Wildman–Crippen LogP) is 2.92. The van der Waals surface area contributed by atoms with Crippen LogP contribution in [0.15, 0.2) is 12.1 Å². The van der Waals surface area contributed by atoms with Gasteiger partial charge in [-0.05, 0) is 24.7 Å². The molecule has 0 radical (unpaired) electrons. The van der Waals surface area contributed by atoms with Crippen LogP contribution >= 0.6 is 23.4 Å². The highest BCUT2D eigenvalue weighted by Crippen LogP contribution is 2.33. The van der Waals surface area contributed by atoms with Crippen molar-refractivity contribution in [3.05, 3.63) is 32.8 Å². The molecule has 1 heterocycles. The lowest BCUT2D eigenvalue weighted by atomic mass is 10.1. The zero-order chi connectivity index (χ0) is 15.4. The number of nitrogens with one attached hydrogen (secondary N) is 2. The maximum Gasteiger partial charge on any atom is 0.294 e. The van der Waals surface area contributed by atoms with E-state index in [9.17, 15) is 14.9 Å².